The number of rotatable bonds is 7. The fraction of sp³-hybridized carbons (Fsp3) is 0.667. The van der Waals surface area contributed by atoms with E-state index in [4.69, 9.17) is 5.26 Å². The minimum absolute atomic E-state index is 0.193. The topological polar surface area (TPSA) is 61.9 Å². The van der Waals surface area contributed by atoms with E-state index in [0.29, 0.717) is 19.4 Å². The minimum Gasteiger partial charge on any atom is -0.343 e. The highest BCUT2D eigenvalue weighted by molar-refractivity contribution is 5.76. The van der Waals surface area contributed by atoms with Crippen LogP contribution in [0.25, 0.3) is 0 Å². The third-order valence-corrected chi connectivity index (χ3v) is 3.67. The number of hydrogen-bond donors (Lipinski definition) is 0. The fourth-order valence-corrected chi connectivity index (χ4v) is 2.44. The van der Waals surface area contributed by atoms with Crippen LogP contribution in [-0.2, 0) is 17.8 Å². The molecule has 110 valence electrons. The van der Waals surface area contributed by atoms with Crippen LogP contribution in [0.2, 0.25) is 0 Å². The van der Waals surface area contributed by atoms with Gasteiger partial charge >= 0.3 is 0 Å². The maximum absolute atomic E-state index is 12.0. The highest BCUT2D eigenvalue weighted by atomic mass is 16.2. The Morgan fingerprint density at radius 1 is 1.35 bits per heavy atom. The van der Waals surface area contributed by atoms with E-state index in [-0.39, 0.29) is 5.91 Å². The van der Waals surface area contributed by atoms with Crippen molar-refractivity contribution in [2.45, 2.75) is 53.5 Å². The van der Waals surface area contributed by atoms with Gasteiger partial charge in [-0.05, 0) is 39.7 Å². The van der Waals surface area contributed by atoms with Crippen molar-refractivity contribution in [3.63, 3.8) is 0 Å². The van der Waals surface area contributed by atoms with Crippen molar-refractivity contribution in [1.29, 1.82) is 5.26 Å². The molecule has 0 fully saturated rings. The van der Waals surface area contributed by atoms with E-state index in [9.17, 15) is 4.79 Å². The molecule has 1 heterocycles. The molecule has 1 aromatic rings. The second kappa shape index (κ2) is 7.68. The van der Waals surface area contributed by atoms with Crippen LogP contribution >= 0.6 is 0 Å². The van der Waals surface area contributed by atoms with E-state index in [2.05, 4.69) is 11.2 Å². The molecule has 0 unspecified atom stereocenters. The van der Waals surface area contributed by atoms with E-state index < -0.39 is 0 Å². The Labute approximate surface area is 121 Å². The van der Waals surface area contributed by atoms with Crippen molar-refractivity contribution in [2.24, 2.45) is 0 Å². The van der Waals surface area contributed by atoms with Crippen LogP contribution in [-0.4, -0.2) is 33.7 Å². The van der Waals surface area contributed by atoms with Crippen LogP contribution < -0.4 is 0 Å². The molecule has 0 aromatic carbocycles. The number of nitriles is 1. The Morgan fingerprint density at radius 3 is 2.55 bits per heavy atom. The summed E-state index contributed by atoms with van der Waals surface area (Å²) in [4.78, 5) is 13.9. The van der Waals surface area contributed by atoms with Gasteiger partial charge in [0.05, 0.1) is 24.7 Å². The van der Waals surface area contributed by atoms with Crippen molar-refractivity contribution < 1.29 is 4.79 Å². The molecule has 0 atom stereocenters. The van der Waals surface area contributed by atoms with Crippen LogP contribution in [0.1, 0.15) is 43.6 Å². The summed E-state index contributed by atoms with van der Waals surface area (Å²) in [6.45, 7) is 10.1. The molecule has 1 rings (SSSR count). The third-order valence-electron chi connectivity index (χ3n) is 3.67. The lowest BCUT2D eigenvalue weighted by molar-refractivity contribution is -0.130. The van der Waals surface area contributed by atoms with Crippen molar-refractivity contribution >= 4 is 5.91 Å². The SMILES string of the molecule is CCN(CC)C(=O)CCc1c(C)nn(CCC#N)c1C. The Balaban J connectivity index is 2.71. The molecule has 1 aromatic heterocycles. The molecule has 5 nitrogen and oxygen atoms in total. The summed E-state index contributed by atoms with van der Waals surface area (Å²) in [5.74, 6) is 0.193. The lowest BCUT2D eigenvalue weighted by Crippen LogP contribution is -2.30. The van der Waals surface area contributed by atoms with Crippen LogP contribution in [0.4, 0.5) is 0 Å². The first-order chi connectivity index (χ1) is 9.54. The highest BCUT2D eigenvalue weighted by Crippen LogP contribution is 2.16. The molecule has 0 aliphatic carbocycles. The predicted octanol–water partition coefficient (Wildman–Crippen LogP) is 2.21. The number of carbonyl (C=O) groups is 1. The van der Waals surface area contributed by atoms with Gasteiger partial charge in [-0.3, -0.25) is 9.48 Å². The summed E-state index contributed by atoms with van der Waals surface area (Å²) >= 11 is 0. The summed E-state index contributed by atoms with van der Waals surface area (Å²) in [5, 5.41) is 13.1. The van der Waals surface area contributed by atoms with Gasteiger partial charge in [0.25, 0.3) is 0 Å². The molecule has 1 amide bonds. The molecule has 0 N–H and O–H groups in total. The molecular weight excluding hydrogens is 252 g/mol. The monoisotopic (exact) mass is 276 g/mol. The number of hydrogen-bond acceptors (Lipinski definition) is 3. The largest absolute Gasteiger partial charge is 0.343 e. The summed E-state index contributed by atoms with van der Waals surface area (Å²) in [6, 6.07) is 2.13. The van der Waals surface area contributed by atoms with E-state index >= 15 is 0 Å². The van der Waals surface area contributed by atoms with Gasteiger partial charge < -0.3 is 4.90 Å². The zero-order valence-corrected chi connectivity index (χ0v) is 12.9. The first-order valence-electron chi connectivity index (χ1n) is 7.22. The van der Waals surface area contributed by atoms with E-state index in [0.717, 1.165) is 36.5 Å². The van der Waals surface area contributed by atoms with Gasteiger partial charge in [-0.25, -0.2) is 0 Å². The number of amides is 1. The van der Waals surface area contributed by atoms with Crippen molar-refractivity contribution in [3.8, 4) is 6.07 Å². The number of aryl methyl sites for hydroxylation is 2. The van der Waals surface area contributed by atoms with Crippen LogP contribution in [0.15, 0.2) is 0 Å². The van der Waals surface area contributed by atoms with Crippen LogP contribution in [0.5, 0.6) is 0 Å². The zero-order chi connectivity index (χ0) is 15.1. The van der Waals surface area contributed by atoms with Gasteiger partial charge in [0.15, 0.2) is 0 Å². The molecule has 0 spiro atoms. The zero-order valence-electron chi connectivity index (χ0n) is 12.9. The predicted molar refractivity (Wildman–Crippen MR) is 78.2 cm³/mol. The Hall–Kier alpha value is -1.83. The molecule has 0 aliphatic heterocycles. The lowest BCUT2D eigenvalue weighted by atomic mass is 10.1. The smallest absolute Gasteiger partial charge is 0.222 e. The molecule has 20 heavy (non-hydrogen) atoms. The minimum atomic E-state index is 0.193. The van der Waals surface area contributed by atoms with E-state index in [1.165, 1.54) is 0 Å². The second-order valence-electron chi connectivity index (χ2n) is 4.85. The lowest BCUT2D eigenvalue weighted by Gasteiger charge is -2.18. The fourth-order valence-electron chi connectivity index (χ4n) is 2.44. The van der Waals surface area contributed by atoms with Crippen molar-refractivity contribution in [1.82, 2.24) is 14.7 Å². The molecule has 0 radical (unpaired) electrons. The highest BCUT2D eigenvalue weighted by Gasteiger charge is 2.15. The van der Waals surface area contributed by atoms with Gasteiger partial charge in [-0.15, -0.1) is 0 Å². The van der Waals surface area contributed by atoms with Gasteiger partial charge in [-0.1, -0.05) is 0 Å². The van der Waals surface area contributed by atoms with Gasteiger partial charge in [-0.2, -0.15) is 10.4 Å². The van der Waals surface area contributed by atoms with Gasteiger partial charge in [0, 0.05) is 25.2 Å². The molecule has 5 heteroatoms. The number of carbonyl (C=O) groups excluding carboxylic acids is 1. The maximum Gasteiger partial charge on any atom is 0.222 e. The van der Waals surface area contributed by atoms with E-state index in [1.54, 1.807) is 0 Å². The van der Waals surface area contributed by atoms with E-state index in [1.807, 2.05) is 37.3 Å². The maximum atomic E-state index is 12.0. The molecule has 0 saturated carbocycles. The van der Waals surface area contributed by atoms with Crippen LogP contribution in [0, 0.1) is 25.2 Å². The first-order valence-corrected chi connectivity index (χ1v) is 7.22. The molecule has 0 aliphatic rings. The second-order valence-corrected chi connectivity index (χ2v) is 4.85. The number of aromatic nitrogens is 2. The summed E-state index contributed by atoms with van der Waals surface area (Å²) in [6.07, 6.45) is 1.70. The summed E-state index contributed by atoms with van der Waals surface area (Å²) in [5.41, 5.74) is 3.18. The van der Waals surface area contributed by atoms with Crippen molar-refractivity contribution in [3.05, 3.63) is 17.0 Å². The van der Waals surface area contributed by atoms with Gasteiger partial charge in [0.2, 0.25) is 5.91 Å². The molecule has 0 saturated heterocycles. The average molecular weight is 276 g/mol. The third kappa shape index (κ3) is 3.83. The average Bonchev–Trinajstić information content (AvgIpc) is 2.70. The molecule has 0 bridgehead atoms. The Kier molecular flexibility index (Phi) is 6.23. The van der Waals surface area contributed by atoms with Gasteiger partial charge in [0.1, 0.15) is 0 Å². The van der Waals surface area contributed by atoms with Crippen LogP contribution in [0.3, 0.4) is 0 Å². The standard InChI is InChI=1S/C15H24N4O/c1-5-18(6-2)15(20)9-8-14-12(3)17-19(13(14)4)11-7-10-16/h5-9,11H2,1-4H3. The Morgan fingerprint density at radius 2 is 2.00 bits per heavy atom. The quantitative estimate of drug-likeness (QED) is 0.767. The van der Waals surface area contributed by atoms with Crippen molar-refractivity contribution in [2.75, 3.05) is 13.1 Å². The normalized spacial score (nSPS) is 10.3. The summed E-state index contributed by atoms with van der Waals surface area (Å²) < 4.78 is 1.87. The number of nitrogens with zero attached hydrogens (tertiary/aromatic N) is 4. The summed E-state index contributed by atoms with van der Waals surface area (Å²) in [7, 11) is 0. The first kappa shape index (κ1) is 16.2. The molecular formula is C15H24N4O. The Bertz CT molecular complexity index is 495.